The van der Waals surface area contributed by atoms with E-state index >= 15 is 4.39 Å². The fraction of sp³-hybridized carbons (Fsp3) is 0.458. The molecule has 2 N–H and O–H groups in total. The number of halogens is 1. The monoisotopic (exact) mass is 380 g/mol. The summed E-state index contributed by atoms with van der Waals surface area (Å²) in [5, 5.41) is 6.72. The lowest BCUT2D eigenvalue weighted by molar-refractivity contribution is -0.121. The molecule has 1 saturated heterocycles. The Morgan fingerprint density at radius 2 is 1.93 bits per heavy atom. The third-order valence-corrected chi connectivity index (χ3v) is 6.33. The Morgan fingerprint density at radius 1 is 1.18 bits per heavy atom. The van der Waals surface area contributed by atoms with Gasteiger partial charge in [-0.15, -0.1) is 0 Å². The van der Waals surface area contributed by atoms with E-state index in [9.17, 15) is 4.79 Å². The summed E-state index contributed by atoms with van der Waals surface area (Å²) in [5.41, 5.74) is 3.46. The van der Waals surface area contributed by atoms with Gasteiger partial charge in [0.25, 0.3) is 0 Å². The maximum atomic E-state index is 15.2. The van der Waals surface area contributed by atoms with Crippen LogP contribution in [-0.4, -0.2) is 18.5 Å². The first-order chi connectivity index (χ1) is 13.1. The van der Waals surface area contributed by atoms with Crippen LogP contribution < -0.4 is 10.6 Å². The minimum absolute atomic E-state index is 0.0155. The molecule has 2 aliphatic heterocycles. The third kappa shape index (κ3) is 2.77. The number of hydrogen-bond acceptors (Lipinski definition) is 2. The number of benzene rings is 2. The smallest absolute Gasteiger partial charge is 0.237 e. The summed E-state index contributed by atoms with van der Waals surface area (Å²) in [5.74, 6) is -0.458. The minimum Gasteiger partial charge on any atom is -0.325 e. The predicted molar refractivity (Wildman–Crippen MR) is 111 cm³/mol. The highest BCUT2D eigenvalue weighted by Gasteiger charge is 2.61. The van der Waals surface area contributed by atoms with Crippen molar-refractivity contribution < 1.29 is 9.18 Å². The number of aryl methyl sites for hydroxylation is 2. The molecule has 2 heterocycles. The fourth-order valence-electron chi connectivity index (χ4n) is 5.13. The molecule has 0 aliphatic carbocycles. The second kappa shape index (κ2) is 6.41. The van der Waals surface area contributed by atoms with E-state index in [0.717, 1.165) is 23.2 Å². The van der Waals surface area contributed by atoms with Gasteiger partial charge >= 0.3 is 0 Å². The Morgan fingerprint density at radius 3 is 2.64 bits per heavy atom. The van der Waals surface area contributed by atoms with E-state index in [1.165, 1.54) is 0 Å². The lowest BCUT2D eigenvalue weighted by Gasteiger charge is -2.37. The molecule has 148 valence electrons. The van der Waals surface area contributed by atoms with E-state index in [-0.39, 0.29) is 29.1 Å². The van der Waals surface area contributed by atoms with Crippen LogP contribution in [-0.2, 0) is 10.2 Å². The first-order valence-electron chi connectivity index (χ1n) is 10.1. The molecule has 1 spiro atoms. The Hall–Kier alpha value is -2.20. The van der Waals surface area contributed by atoms with Crippen LogP contribution in [0.15, 0.2) is 36.4 Å². The van der Waals surface area contributed by atoms with Crippen LogP contribution in [0.1, 0.15) is 55.4 Å². The number of carbonyl (C=O) groups is 1. The van der Waals surface area contributed by atoms with E-state index in [2.05, 4.69) is 43.5 Å². The first kappa shape index (κ1) is 19.1. The summed E-state index contributed by atoms with van der Waals surface area (Å²) in [6.07, 6.45) is 0.831. The molecule has 4 rings (SSSR count). The molecule has 4 heteroatoms. The van der Waals surface area contributed by atoms with Crippen molar-refractivity contribution in [3.63, 3.8) is 0 Å². The van der Waals surface area contributed by atoms with Crippen LogP contribution >= 0.6 is 0 Å². The minimum atomic E-state index is -0.801. The van der Waals surface area contributed by atoms with Gasteiger partial charge in [-0.2, -0.15) is 0 Å². The van der Waals surface area contributed by atoms with Gasteiger partial charge in [-0.25, -0.2) is 4.39 Å². The number of carbonyl (C=O) groups excluding carboxylic acids is 1. The molecule has 2 unspecified atom stereocenters. The molecule has 2 aromatic rings. The number of amides is 1. The van der Waals surface area contributed by atoms with Crippen LogP contribution in [0.4, 0.5) is 10.1 Å². The van der Waals surface area contributed by atoms with Crippen LogP contribution in [0.3, 0.4) is 0 Å². The van der Waals surface area contributed by atoms with Gasteiger partial charge < -0.3 is 10.6 Å². The number of rotatable bonds is 2. The summed E-state index contributed by atoms with van der Waals surface area (Å²) < 4.78 is 15.2. The van der Waals surface area contributed by atoms with E-state index in [4.69, 9.17) is 0 Å². The second-order valence-corrected chi connectivity index (χ2v) is 9.63. The van der Waals surface area contributed by atoms with Gasteiger partial charge in [-0.05, 0) is 54.0 Å². The van der Waals surface area contributed by atoms with Crippen molar-refractivity contribution in [1.82, 2.24) is 5.32 Å². The summed E-state index contributed by atoms with van der Waals surface area (Å²) >= 11 is 0. The molecule has 2 aliphatic rings. The Balaban J connectivity index is 1.94. The molecule has 0 saturated carbocycles. The highest BCUT2D eigenvalue weighted by Crippen LogP contribution is 2.54. The van der Waals surface area contributed by atoms with Crippen molar-refractivity contribution in [2.75, 3.05) is 11.9 Å². The molecule has 0 bridgehead atoms. The lowest BCUT2D eigenvalue weighted by atomic mass is 9.63. The SMILES string of the molecule is Cc1ccc2c(c1)NC(=O)[C@@]21C(CC(C)(C)C)NCC1c1cccc(C)c1F. The number of nitrogens with one attached hydrogen (secondary N) is 2. The molecular weight excluding hydrogens is 351 g/mol. The van der Waals surface area contributed by atoms with Gasteiger partial charge in [0, 0.05) is 24.2 Å². The van der Waals surface area contributed by atoms with Crippen LogP contribution in [0.5, 0.6) is 0 Å². The molecule has 0 aromatic heterocycles. The van der Waals surface area contributed by atoms with E-state index in [1.54, 1.807) is 13.0 Å². The molecule has 3 nitrogen and oxygen atoms in total. The molecule has 28 heavy (non-hydrogen) atoms. The molecule has 2 aromatic carbocycles. The summed E-state index contributed by atoms with van der Waals surface area (Å²) in [7, 11) is 0. The Kier molecular flexibility index (Phi) is 4.38. The van der Waals surface area contributed by atoms with E-state index in [1.807, 2.05) is 25.1 Å². The van der Waals surface area contributed by atoms with Crippen molar-refractivity contribution >= 4 is 11.6 Å². The third-order valence-electron chi connectivity index (χ3n) is 6.33. The van der Waals surface area contributed by atoms with Crippen LogP contribution in [0.2, 0.25) is 0 Å². The summed E-state index contributed by atoms with van der Waals surface area (Å²) in [4.78, 5) is 13.6. The van der Waals surface area contributed by atoms with Crippen molar-refractivity contribution in [2.45, 2.75) is 58.4 Å². The van der Waals surface area contributed by atoms with Crippen LogP contribution in [0.25, 0.3) is 0 Å². The number of hydrogen-bond donors (Lipinski definition) is 2. The average Bonchev–Trinajstić information content (AvgIpc) is 3.09. The fourth-order valence-corrected chi connectivity index (χ4v) is 5.13. The van der Waals surface area contributed by atoms with Gasteiger partial charge in [0.2, 0.25) is 5.91 Å². The van der Waals surface area contributed by atoms with E-state index < -0.39 is 5.41 Å². The van der Waals surface area contributed by atoms with E-state index in [0.29, 0.717) is 17.7 Å². The molecule has 0 radical (unpaired) electrons. The van der Waals surface area contributed by atoms with Gasteiger partial charge in [0.1, 0.15) is 5.82 Å². The molecular formula is C24H29FN2O. The maximum absolute atomic E-state index is 15.2. The average molecular weight is 381 g/mol. The van der Waals surface area contributed by atoms with Gasteiger partial charge in [-0.1, -0.05) is 51.1 Å². The Bertz CT molecular complexity index is 946. The van der Waals surface area contributed by atoms with Crippen molar-refractivity contribution in [3.8, 4) is 0 Å². The zero-order valence-electron chi connectivity index (χ0n) is 17.3. The Labute approximate surface area is 166 Å². The largest absolute Gasteiger partial charge is 0.325 e. The molecule has 1 amide bonds. The summed E-state index contributed by atoms with van der Waals surface area (Å²) in [6.45, 7) is 11.0. The quantitative estimate of drug-likeness (QED) is 0.784. The maximum Gasteiger partial charge on any atom is 0.237 e. The van der Waals surface area contributed by atoms with Crippen molar-refractivity contribution in [2.24, 2.45) is 5.41 Å². The first-order valence-corrected chi connectivity index (χ1v) is 10.1. The normalized spacial score (nSPS) is 26.6. The summed E-state index contributed by atoms with van der Waals surface area (Å²) in [6, 6.07) is 11.6. The highest BCUT2D eigenvalue weighted by atomic mass is 19.1. The van der Waals surface area contributed by atoms with Gasteiger partial charge in [0.05, 0.1) is 5.41 Å². The zero-order chi connectivity index (χ0) is 20.3. The number of fused-ring (bicyclic) bond motifs is 2. The predicted octanol–water partition coefficient (Wildman–Crippen LogP) is 4.82. The van der Waals surface area contributed by atoms with Crippen LogP contribution in [0, 0.1) is 25.1 Å². The van der Waals surface area contributed by atoms with Gasteiger partial charge in [-0.3, -0.25) is 4.79 Å². The van der Waals surface area contributed by atoms with Crippen molar-refractivity contribution in [1.29, 1.82) is 0 Å². The second-order valence-electron chi connectivity index (χ2n) is 9.63. The lowest BCUT2D eigenvalue weighted by Crippen LogP contribution is -2.49. The van der Waals surface area contributed by atoms with Gasteiger partial charge in [0.15, 0.2) is 0 Å². The molecule has 3 atom stereocenters. The number of anilines is 1. The topological polar surface area (TPSA) is 41.1 Å². The highest BCUT2D eigenvalue weighted by molar-refractivity contribution is 6.08. The zero-order valence-corrected chi connectivity index (χ0v) is 17.3. The standard InChI is InChI=1S/C24H29FN2O/c1-14-9-10-17-19(11-14)27-22(28)24(17)18(13-26-20(24)12-23(3,4)5)16-8-6-7-15(2)21(16)25/h6-11,18,20,26H,12-13H2,1-5H3,(H,27,28)/t18?,20?,24-/m0/s1. The molecule has 1 fully saturated rings. The van der Waals surface area contributed by atoms with Crippen molar-refractivity contribution in [3.05, 3.63) is 64.5 Å².